The number of phenolic OH excluding ortho intramolecular Hbond substituents is 1. The summed E-state index contributed by atoms with van der Waals surface area (Å²) in [5.74, 6) is 0.364. The molecule has 1 aliphatic heterocycles. The average molecular weight is 257 g/mol. The third-order valence-corrected chi connectivity index (χ3v) is 3.31. The molecule has 0 bridgehead atoms. The molecule has 0 saturated carbocycles. The van der Waals surface area contributed by atoms with Crippen molar-refractivity contribution in [3.8, 4) is 5.75 Å². The van der Waals surface area contributed by atoms with Gasteiger partial charge in [0.25, 0.3) is 0 Å². The standard InChI is InChI=1S/C13H20N2O.ClH/c1-14-12-5-7-15(8-6-12)10-11-3-2-4-13(16)9-11;/h2-4,9,12,14,16H,5-8,10H2,1H3;1H. The molecule has 0 spiro atoms. The first-order valence-corrected chi connectivity index (χ1v) is 5.95. The minimum absolute atomic E-state index is 0. The lowest BCUT2D eigenvalue weighted by atomic mass is 10.0. The van der Waals surface area contributed by atoms with Gasteiger partial charge in [-0.25, -0.2) is 0 Å². The van der Waals surface area contributed by atoms with Gasteiger partial charge in [0.1, 0.15) is 5.75 Å². The highest BCUT2D eigenvalue weighted by Crippen LogP contribution is 2.16. The molecule has 1 fully saturated rings. The molecule has 0 unspecified atom stereocenters. The van der Waals surface area contributed by atoms with Gasteiger partial charge in [-0.3, -0.25) is 4.90 Å². The van der Waals surface area contributed by atoms with E-state index in [9.17, 15) is 5.11 Å². The average Bonchev–Trinajstić information content (AvgIpc) is 2.30. The number of hydrogen-bond donors (Lipinski definition) is 2. The van der Waals surface area contributed by atoms with Crippen LogP contribution in [-0.4, -0.2) is 36.2 Å². The lowest BCUT2D eigenvalue weighted by Gasteiger charge is -2.31. The van der Waals surface area contributed by atoms with Crippen LogP contribution in [0.1, 0.15) is 18.4 Å². The second-order valence-electron chi connectivity index (χ2n) is 4.51. The molecule has 1 heterocycles. The summed E-state index contributed by atoms with van der Waals surface area (Å²) in [7, 11) is 2.04. The van der Waals surface area contributed by atoms with Crippen molar-refractivity contribution in [1.82, 2.24) is 10.2 Å². The van der Waals surface area contributed by atoms with E-state index in [1.165, 1.54) is 18.4 Å². The maximum absolute atomic E-state index is 9.39. The second kappa shape index (κ2) is 6.84. The van der Waals surface area contributed by atoms with E-state index in [1.807, 2.05) is 19.2 Å². The number of piperidine rings is 1. The maximum Gasteiger partial charge on any atom is 0.115 e. The monoisotopic (exact) mass is 256 g/mol. The first-order chi connectivity index (χ1) is 7.78. The number of hydrogen-bond acceptors (Lipinski definition) is 3. The number of nitrogens with zero attached hydrogens (tertiary/aromatic N) is 1. The minimum Gasteiger partial charge on any atom is -0.508 e. The molecule has 0 aromatic heterocycles. The van der Waals surface area contributed by atoms with Crippen molar-refractivity contribution >= 4 is 12.4 Å². The molecule has 4 heteroatoms. The number of aromatic hydroxyl groups is 1. The van der Waals surface area contributed by atoms with E-state index in [1.54, 1.807) is 6.07 Å². The predicted molar refractivity (Wildman–Crippen MR) is 72.7 cm³/mol. The van der Waals surface area contributed by atoms with Crippen molar-refractivity contribution in [3.63, 3.8) is 0 Å². The Bertz CT molecular complexity index is 338. The van der Waals surface area contributed by atoms with Crippen LogP contribution in [0, 0.1) is 0 Å². The Balaban J connectivity index is 0.00000144. The SMILES string of the molecule is CNC1CCN(Cc2cccc(O)c2)CC1.Cl. The van der Waals surface area contributed by atoms with E-state index in [0.29, 0.717) is 11.8 Å². The van der Waals surface area contributed by atoms with Gasteiger partial charge in [-0.05, 0) is 50.7 Å². The number of likely N-dealkylation sites (tertiary alicyclic amines) is 1. The Kier molecular flexibility index (Phi) is 5.75. The largest absolute Gasteiger partial charge is 0.508 e. The van der Waals surface area contributed by atoms with Crippen molar-refractivity contribution in [2.45, 2.75) is 25.4 Å². The summed E-state index contributed by atoms with van der Waals surface area (Å²) in [5, 5.41) is 12.7. The lowest BCUT2D eigenvalue weighted by Crippen LogP contribution is -2.40. The molecular formula is C13H21ClN2O. The fourth-order valence-corrected chi connectivity index (χ4v) is 2.29. The normalized spacial score (nSPS) is 17.7. The zero-order valence-electron chi connectivity index (χ0n) is 10.2. The molecule has 0 atom stereocenters. The third kappa shape index (κ3) is 4.19. The summed E-state index contributed by atoms with van der Waals surface area (Å²) in [6.45, 7) is 3.23. The zero-order chi connectivity index (χ0) is 11.4. The van der Waals surface area contributed by atoms with Crippen LogP contribution < -0.4 is 5.32 Å². The molecule has 2 rings (SSSR count). The Labute approximate surface area is 109 Å². The smallest absolute Gasteiger partial charge is 0.115 e. The third-order valence-electron chi connectivity index (χ3n) is 3.31. The van der Waals surface area contributed by atoms with E-state index in [2.05, 4.69) is 16.3 Å². The van der Waals surface area contributed by atoms with Gasteiger partial charge in [0.15, 0.2) is 0 Å². The van der Waals surface area contributed by atoms with Crippen LogP contribution in [0.5, 0.6) is 5.75 Å². The van der Waals surface area contributed by atoms with Gasteiger partial charge in [-0.1, -0.05) is 12.1 Å². The molecular weight excluding hydrogens is 236 g/mol. The molecule has 0 aliphatic carbocycles. The predicted octanol–water partition coefficient (Wildman–Crippen LogP) is 2.00. The van der Waals surface area contributed by atoms with Crippen LogP contribution in [-0.2, 0) is 6.54 Å². The Hall–Kier alpha value is -0.770. The number of halogens is 1. The summed E-state index contributed by atoms with van der Waals surface area (Å²) >= 11 is 0. The molecule has 3 nitrogen and oxygen atoms in total. The van der Waals surface area contributed by atoms with Crippen molar-refractivity contribution in [1.29, 1.82) is 0 Å². The van der Waals surface area contributed by atoms with Crippen LogP contribution >= 0.6 is 12.4 Å². The van der Waals surface area contributed by atoms with Crippen LogP contribution in [0.25, 0.3) is 0 Å². The zero-order valence-corrected chi connectivity index (χ0v) is 11.0. The topological polar surface area (TPSA) is 35.5 Å². The van der Waals surface area contributed by atoms with Gasteiger partial charge in [0.05, 0.1) is 0 Å². The van der Waals surface area contributed by atoms with Gasteiger partial charge in [0, 0.05) is 12.6 Å². The molecule has 96 valence electrons. The molecule has 2 N–H and O–H groups in total. The summed E-state index contributed by atoms with van der Waals surface area (Å²) in [6, 6.07) is 8.23. The first kappa shape index (κ1) is 14.3. The quantitative estimate of drug-likeness (QED) is 0.868. The van der Waals surface area contributed by atoms with Gasteiger partial charge in [-0.2, -0.15) is 0 Å². The molecule has 0 amide bonds. The maximum atomic E-state index is 9.39. The van der Waals surface area contributed by atoms with E-state index in [4.69, 9.17) is 0 Å². The van der Waals surface area contributed by atoms with E-state index in [0.717, 1.165) is 19.6 Å². The fourth-order valence-electron chi connectivity index (χ4n) is 2.29. The number of rotatable bonds is 3. The molecule has 17 heavy (non-hydrogen) atoms. The van der Waals surface area contributed by atoms with Crippen LogP contribution in [0.15, 0.2) is 24.3 Å². The first-order valence-electron chi connectivity index (χ1n) is 5.95. The lowest BCUT2D eigenvalue weighted by molar-refractivity contribution is 0.194. The van der Waals surface area contributed by atoms with E-state index >= 15 is 0 Å². The van der Waals surface area contributed by atoms with Crippen molar-refractivity contribution in [2.75, 3.05) is 20.1 Å². The summed E-state index contributed by atoms with van der Waals surface area (Å²) < 4.78 is 0. The Morgan fingerprint density at radius 3 is 2.65 bits per heavy atom. The molecule has 1 aliphatic rings. The van der Waals surface area contributed by atoms with Gasteiger partial charge in [0.2, 0.25) is 0 Å². The molecule has 1 aromatic rings. The molecule has 0 radical (unpaired) electrons. The Morgan fingerprint density at radius 1 is 1.35 bits per heavy atom. The van der Waals surface area contributed by atoms with Gasteiger partial charge in [-0.15, -0.1) is 12.4 Å². The molecule has 1 aromatic carbocycles. The fraction of sp³-hybridized carbons (Fsp3) is 0.538. The van der Waals surface area contributed by atoms with Crippen molar-refractivity contribution in [2.24, 2.45) is 0 Å². The highest BCUT2D eigenvalue weighted by molar-refractivity contribution is 5.85. The number of phenols is 1. The Morgan fingerprint density at radius 2 is 2.06 bits per heavy atom. The van der Waals surface area contributed by atoms with Gasteiger partial charge >= 0.3 is 0 Å². The van der Waals surface area contributed by atoms with Crippen LogP contribution in [0.3, 0.4) is 0 Å². The van der Waals surface area contributed by atoms with Crippen LogP contribution in [0.4, 0.5) is 0 Å². The second-order valence-corrected chi connectivity index (χ2v) is 4.51. The van der Waals surface area contributed by atoms with E-state index in [-0.39, 0.29) is 12.4 Å². The number of nitrogens with one attached hydrogen (secondary N) is 1. The van der Waals surface area contributed by atoms with E-state index < -0.39 is 0 Å². The highest BCUT2D eigenvalue weighted by atomic mass is 35.5. The molecule has 1 saturated heterocycles. The van der Waals surface area contributed by atoms with Crippen molar-refractivity contribution < 1.29 is 5.11 Å². The minimum atomic E-state index is 0. The summed E-state index contributed by atoms with van der Waals surface area (Å²) in [5.41, 5.74) is 1.20. The number of benzene rings is 1. The highest BCUT2D eigenvalue weighted by Gasteiger charge is 2.17. The van der Waals surface area contributed by atoms with Crippen molar-refractivity contribution in [3.05, 3.63) is 29.8 Å². The van der Waals surface area contributed by atoms with Gasteiger partial charge < -0.3 is 10.4 Å². The van der Waals surface area contributed by atoms with Crippen LogP contribution in [0.2, 0.25) is 0 Å². The summed E-state index contributed by atoms with van der Waals surface area (Å²) in [4.78, 5) is 2.45. The summed E-state index contributed by atoms with van der Waals surface area (Å²) in [6.07, 6.45) is 2.44.